The summed E-state index contributed by atoms with van der Waals surface area (Å²) in [6.45, 7) is -4.11. The topological polar surface area (TPSA) is 80.8 Å². The van der Waals surface area contributed by atoms with Crippen LogP contribution < -0.4 is 15.9 Å². The molecule has 0 saturated carbocycles. The summed E-state index contributed by atoms with van der Waals surface area (Å²) in [4.78, 5) is 26.5. The molecule has 0 atom stereocenters. The molecule has 11 heteroatoms. The van der Waals surface area contributed by atoms with Gasteiger partial charge in [0.2, 0.25) is 0 Å². The minimum absolute atomic E-state index is 0.210. The van der Waals surface area contributed by atoms with Gasteiger partial charge in [-0.2, -0.15) is 0 Å². The van der Waals surface area contributed by atoms with Gasteiger partial charge in [0.25, 0.3) is 0 Å². The fourth-order valence-electron chi connectivity index (χ4n) is 6.76. The normalized spacial score (nSPS) is 14.2. The Bertz CT molecular complexity index is 1720. The number of hydrogen-bond acceptors (Lipinski definition) is 5. The molecule has 0 N–H and O–H groups in total. The van der Waals surface area contributed by atoms with Gasteiger partial charge in [0.15, 0.2) is 0 Å². The number of hydrogen-bond donors (Lipinski definition) is 0. The molecule has 5 rings (SSSR count). The third-order valence-electron chi connectivity index (χ3n) is 9.01. The van der Waals surface area contributed by atoms with E-state index < -0.39 is 34.4 Å². The minimum atomic E-state index is -4.49. The van der Waals surface area contributed by atoms with E-state index in [1.807, 2.05) is 0 Å². The van der Waals surface area contributed by atoms with Gasteiger partial charge in [0.05, 0.1) is 11.1 Å². The summed E-state index contributed by atoms with van der Waals surface area (Å²) in [6, 6.07) is 23.3. The number of carbonyl (C=O) groups is 2. The SMILES string of the molecule is CS(=O)(=O)OP(CCCCCCCCCCN1C(=O)c2ccccc2C1=O)(c1ccc(F)cc1)(c1ccc(F)cc1)c1ccc(F)cc1. The molecule has 6 nitrogen and oxygen atoms in total. The van der Waals surface area contributed by atoms with Crippen molar-refractivity contribution < 1.29 is 35.1 Å². The van der Waals surface area contributed by atoms with Gasteiger partial charge in [0, 0.05) is 0 Å². The van der Waals surface area contributed by atoms with E-state index in [1.165, 1.54) is 77.7 Å². The number of carbonyl (C=O) groups excluding carboxylic acids is 2. The molecule has 48 heavy (non-hydrogen) atoms. The Labute approximate surface area is 280 Å². The van der Waals surface area contributed by atoms with Gasteiger partial charge >= 0.3 is 236 Å². The number of amides is 2. The van der Waals surface area contributed by atoms with Crippen molar-refractivity contribution in [1.29, 1.82) is 0 Å². The molecule has 1 heterocycles. The van der Waals surface area contributed by atoms with Crippen molar-refractivity contribution in [3.8, 4) is 0 Å². The van der Waals surface area contributed by atoms with Crippen molar-refractivity contribution in [3.63, 3.8) is 0 Å². The molecule has 4 aromatic carbocycles. The van der Waals surface area contributed by atoms with Gasteiger partial charge in [-0.3, -0.25) is 9.59 Å². The van der Waals surface area contributed by atoms with E-state index in [4.69, 9.17) is 3.97 Å². The van der Waals surface area contributed by atoms with Crippen molar-refractivity contribution in [1.82, 2.24) is 4.90 Å². The number of benzene rings is 4. The number of unbranched alkanes of at least 4 members (excludes halogenated alkanes) is 7. The first-order valence-electron chi connectivity index (χ1n) is 16.1. The predicted molar refractivity (Wildman–Crippen MR) is 185 cm³/mol. The number of nitrogens with zero attached hydrogens (tertiary/aromatic N) is 1. The maximum atomic E-state index is 14.2. The molecule has 1 aliphatic rings. The van der Waals surface area contributed by atoms with Crippen LogP contribution in [0.3, 0.4) is 0 Å². The second-order valence-electron chi connectivity index (χ2n) is 12.3. The molecule has 0 bridgehead atoms. The van der Waals surface area contributed by atoms with Gasteiger partial charge in [-0.05, 0) is 12.1 Å². The van der Waals surface area contributed by atoms with Gasteiger partial charge < -0.3 is 0 Å². The van der Waals surface area contributed by atoms with Gasteiger partial charge in [-0.1, -0.05) is 12.1 Å². The quantitative estimate of drug-likeness (QED) is 0.0701. The summed E-state index contributed by atoms with van der Waals surface area (Å²) < 4.78 is 75.4. The molecular formula is C37H39F3NO5PS. The van der Waals surface area contributed by atoms with Crippen LogP contribution in [0.5, 0.6) is 0 Å². The molecule has 0 radical (unpaired) electrons. The van der Waals surface area contributed by atoms with Crippen LogP contribution in [0.25, 0.3) is 0 Å². The van der Waals surface area contributed by atoms with Gasteiger partial charge in [0.1, 0.15) is 0 Å². The molecule has 0 fully saturated rings. The summed E-state index contributed by atoms with van der Waals surface area (Å²) in [5.41, 5.74) is 0.910. The first-order valence-corrected chi connectivity index (χ1v) is 20.3. The molecule has 4 aromatic rings. The van der Waals surface area contributed by atoms with E-state index in [-0.39, 0.29) is 18.0 Å². The van der Waals surface area contributed by atoms with Crippen molar-refractivity contribution in [2.24, 2.45) is 0 Å². The standard InChI is InChI=1S/C37H39F3NO5PS/c1-48(44,45)46-47(31-20-14-28(38)15-21-31,32-22-16-29(39)17-23-32,33-24-18-30(40)19-25-33)27-11-7-5-3-2-4-6-10-26-41-36(42)34-12-8-9-13-35(34)37(41)43/h8-9,12-25H,2-7,10-11,26-27H2,1H3. The molecule has 2 amide bonds. The number of imide groups is 1. The van der Waals surface area contributed by atoms with Crippen molar-refractivity contribution in [2.45, 2.75) is 51.4 Å². The average molecular weight is 698 g/mol. The molecule has 0 spiro atoms. The van der Waals surface area contributed by atoms with Crippen LogP contribution in [-0.2, 0) is 14.1 Å². The van der Waals surface area contributed by atoms with Gasteiger partial charge in [-0.15, -0.1) is 0 Å². The predicted octanol–water partition coefficient (Wildman–Crippen LogP) is 7.24. The third kappa shape index (κ3) is 7.26. The average Bonchev–Trinajstić information content (AvgIpc) is 3.30. The van der Waals surface area contributed by atoms with Gasteiger partial charge in [-0.25, -0.2) is 0 Å². The summed E-state index contributed by atoms with van der Waals surface area (Å²) in [7, 11) is -4.17. The summed E-state index contributed by atoms with van der Waals surface area (Å²) >= 11 is 0. The molecule has 0 saturated heterocycles. The third-order valence-corrected chi connectivity index (χ3v) is 16.8. The zero-order valence-electron chi connectivity index (χ0n) is 26.8. The number of fused-ring (bicyclic) bond motifs is 1. The van der Waals surface area contributed by atoms with Crippen molar-refractivity contribution >= 4 is 44.7 Å². The van der Waals surface area contributed by atoms with Crippen LogP contribution in [0.1, 0.15) is 72.1 Å². The van der Waals surface area contributed by atoms with E-state index in [1.54, 1.807) is 24.3 Å². The Kier molecular flexibility index (Phi) is 10.9. The fraction of sp³-hybridized carbons (Fsp3) is 0.297. The monoisotopic (exact) mass is 697 g/mol. The van der Waals surface area contributed by atoms with Crippen molar-refractivity contribution in [3.05, 3.63) is 126 Å². The number of rotatable bonds is 16. The first-order chi connectivity index (χ1) is 22.9. The first kappa shape index (κ1) is 35.5. The Morgan fingerprint density at radius 3 is 1.29 bits per heavy atom. The zero-order chi connectivity index (χ0) is 34.4. The van der Waals surface area contributed by atoms with E-state index >= 15 is 0 Å². The second-order valence-corrected chi connectivity index (χ2v) is 18.7. The Morgan fingerprint density at radius 1 is 0.562 bits per heavy atom. The summed E-state index contributed by atoms with van der Waals surface area (Å²) in [5, 5.41) is 1.30. The summed E-state index contributed by atoms with van der Waals surface area (Å²) in [6.07, 6.45) is 7.64. The molecule has 0 aromatic heterocycles. The second kappa shape index (κ2) is 14.7. The zero-order valence-corrected chi connectivity index (χ0v) is 28.5. The van der Waals surface area contributed by atoms with Crippen molar-refractivity contribution in [2.75, 3.05) is 19.0 Å². The molecule has 0 unspecified atom stereocenters. The molecular weight excluding hydrogens is 658 g/mol. The number of halogens is 3. The Morgan fingerprint density at radius 2 is 0.917 bits per heavy atom. The van der Waals surface area contributed by atoms with E-state index in [9.17, 15) is 31.2 Å². The van der Waals surface area contributed by atoms with Crippen LogP contribution in [0.2, 0.25) is 0 Å². The van der Waals surface area contributed by atoms with E-state index in [0.717, 1.165) is 51.2 Å². The molecule has 254 valence electrons. The molecule has 0 aliphatic carbocycles. The van der Waals surface area contributed by atoms with E-state index in [0.29, 0.717) is 40.0 Å². The van der Waals surface area contributed by atoms with Crippen LogP contribution >= 0.6 is 6.83 Å². The van der Waals surface area contributed by atoms with Crippen LogP contribution in [-0.4, -0.2) is 44.1 Å². The van der Waals surface area contributed by atoms with Crippen LogP contribution in [0.15, 0.2) is 97.1 Å². The molecule has 1 aliphatic heterocycles. The summed E-state index contributed by atoms with van der Waals surface area (Å²) in [5.74, 6) is -2.03. The fourth-order valence-corrected chi connectivity index (χ4v) is 15.3. The van der Waals surface area contributed by atoms with Crippen LogP contribution in [0.4, 0.5) is 13.2 Å². The van der Waals surface area contributed by atoms with E-state index in [2.05, 4.69) is 0 Å². The Hall–Kier alpha value is -3.85. The van der Waals surface area contributed by atoms with Crippen LogP contribution in [0, 0.1) is 17.5 Å². The Balaban J connectivity index is 1.28. The maximum absolute atomic E-state index is 14.2.